The molecule has 3 aromatic rings. The maximum absolute atomic E-state index is 13.7. The zero-order chi connectivity index (χ0) is 22.2. The first-order chi connectivity index (χ1) is 14.7. The van der Waals surface area contributed by atoms with E-state index in [1.165, 1.54) is 10.6 Å². The fourth-order valence-corrected chi connectivity index (χ4v) is 3.52. The van der Waals surface area contributed by atoms with Gasteiger partial charge in [0.1, 0.15) is 0 Å². The van der Waals surface area contributed by atoms with Crippen LogP contribution in [-0.2, 0) is 17.5 Å². The zero-order valence-electron chi connectivity index (χ0n) is 17.0. The van der Waals surface area contributed by atoms with Gasteiger partial charge in [0.15, 0.2) is 0 Å². The predicted molar refractivity (Wildman–Crippen MR) is 106 cm³/mol. The molecule has 8 nitrogen and oxygen atoms in total. The third kappa shape index (κ3) is 4.46. The number of nitrogens with one attached hydrogen (secondary N) is 1. The summed E-state index contributed by atoms with van der Waals surface area (Å²) < 4.78 is 47.7. The Morgan fingerprint density at radius 3 is 2.61 bits per heavy atom. The molecular weight excluding hydrogens is 413 g/mol. The summed E-state index contributed by atoms with van der Waals surface area (Å²) >= 11 is 0. The van der Waals surface area contributed by atoms with E-state index < -0.39 is 17.6 Å². The lowest BCUT2D eigenvalue weighted by molar-refractivity contribution is -0.138. The minimum atomic E-state index is -4.55. The molecule has 0 saturated carbocycles. The second kappa shape index (κ2) is 8.14. The van der Waals surface area contributed by atoms with Gasteiger partial charge >= 0.3 is 6.18 Å². The molecule has 2 aromatic heterocycles. The van der Waals surface area contributed by atoms with Crippen LogP contribution in [0.3, 0.4) is 0 Å². The van der Waals surface area contributed by atoms with Gasteiger partial charge in [-0.05, 0) is 37.6 Å². The third-order valence-corrected chi connectivity index (χ3v) is 5.04. The Kier molecular flexibility index (Phi) is 5.52. The number of aromatic nitrogens is 4. The molecule has 0 aliphatic carbocycles. The van der Waals surface area contributed by atoms with Crippen molar-refractivity contribution in [3.63, 3.8) is 0 Å². The molecule has 0 atom stereocenters. The molecule has 3 heterocycles. The van der Waals surface area contributed by atoms with Crippen molar-refractivity contribution in [3.05, 3.63) is 52.6 Å². The number of hydrogen-bond acceptors (Lipinski definition) is 6. The normalized spacial score (nSPS) is 14.8. The van der Waals surface area contributed by atoms with Crippen molar-refractivity contribution in [2.75, 3.05) is 31.2 Å². The summed E-state index contributed by atoms with van der Waals surface area (Å²) in [5.41, 5.74) is 1.12. The summed E-state index contributed by atoms with van der Waals surface area (Å²) in [5, 5.41) is 6.59. The topological polar surface area (TPSA) is 84.7 Å². The van der Waals surface area contributed by atoms with Crippen LogP contribution in [0, 0.1) is 13.8 Å². The lowest BCUT2D eigenvalue weighted by Gasteiger charge is -2.29. The maximum Gasteiger partial charge on any atom is 0.416 e. The number of fused-ring (bicyclic) bond motifs is 1. The van der Waals surface area contributed by atoms with Crippen LogP contribution in [0.25, 0.3) is 5.78 Å². The van der Waals surface area contributed by atoms with Gasteiger partial charge in [-0.1, -0.05) is 6.07 Å². The van der Waals surface area contributed by atoms with Crippen molar-refractivity contribution < 1.29 is 22.7 Å². The molecule has 1 fully saturated rings. The number of ether oxygens (including phenoxy) is 1. The highest BCUT2D eigenvalue weighted by atomic mass is 19.4. The van der Waals surface area contributed by atoms with Crippen molar-refractivity contribution in [1.82, 2.24) is 24.9 Å². The van der Waals surface area contributed by atoms with Crippen LogP contribution in [0.2, 0.25) is 0 Å². The molecule has 31 heavy (non-hydrogen) atoms. The Labute approximate surface area is 176 Å². The van der Waals surface area contributed by atoms with Gasteiger partial charge in [0.2, 0.25) is 5.82 Å². The lowest BCUT2D eigenvalue weighted by Crippen LogP contribution is -2.36. The van der Waals surface area contributed by atoms with Gasteiger partial charge in [-0.25, -0.2) is 9.50 Å². The van der Waals surface area contributed by atoms with E-state index in [0.29, 0.717) is 32.0 Å². The van der Waals surface area contributed by atoms with E-state index in [0.717, 1.165) is 17.5 Å². The van der Waals surface area contributed by atoms with Gasteiger partial charge in [-0.2, -0.15) is 18.2 Å². The van der Waals surface area contributed by atoms with Crippen LogP contribution in [-0.4, -0.2) is 51.8 Å². The van der Waals surface area contributed by atoms with E-state index in [1.54, 1.807) is 26.0 Å². The molecular formula is C20H21F3N6O2. The molecule has 1 N–H and O–H groups in total. The third-order valence-electron chi connectivity index (χ3n) is 5.04. The summed E-state index contributed by atoms with van der Waals surface area (Å²) in [7, 11) is 0. The number of nitrogens with zero attached hydrogens (tertiary/aromatic N) is 5. The second-order valence-electron chi connectivity index (χ2n) is 7.31. The highest BCUT2D eigenvalue weighted by Gasteiger charge is 2.34. The van der Waals surface area contributed by atoms with Crippen LogP contribution in [0.5, 0.6) is 0 Å². The molecule has 1 amide bonds. The van der Waals surface area contributed by atoms with Gasteiger partial charge in [-0.15, -0.1) is 5.10 Å². The Balaban J connectivity index is 1.54. The van der Waals surface area contributed by atoms with Crippen LogP contribution >= 0.6 is 0 Å². The number of halogens is 3. The summed E-state index contributed by atoms with van der Waals surface area (Å²) in [6.45, 7) is 5.28. The number of benzene rings is 1. The molecule has 0 spiro atoms. The number of carbonyl (C=O) groups is 1. The van der Waals surface area contributed by atoms with E-state index >= 15 is 0 Å². The quantitative estimate of drug-likeness (QED) is 0.680. The van der Waals surface area contributed by atoms with Crippen LogP contribution in [0.15, 0.2) is 24.3 Å². The molecule has 1 aliphatic heterocycles. The highest BCUT2D eigenvalue weighted by molar-refractivity contribution is 5.90. The second-order valence-corrected chi connectivity index (χ2v) is 7.31. The number of aryl methyl sites for hydroxylation is 2. The molecule has 11 heteroatoms. The number of hydrogen-bond donors (Lipinski definition) is 1. The summed E-state index contributed by atoms with van der Waals surface area (Å²) in [6.07, 6.45) is -4.55. The summed E-state index contributed by atoms with van der Waals surface area (Å²) in [4.78, 5) is 22.6. The molecule has 164 valence electrons. The number of anilines is 1. The molecule has 1 aromatic carbocycles. The summed E-state index contributed by atoms with van der Waals surface area (Å²) in [6, 6.07) is 5.92. The number of rotatable bonds is 4. The molecule has 1 saturated heterocycles. The molecule has 0 unspecified atom stereocenters. The van der Waals surface area contributed by atoms with Crippen molar-refractivity contribution in [2.24, 2.45) is 0 Å². The monoisotopic (exact) mass is 434 g/mol. The van der Waals surface area contributed by atoms with Crippen molar-refractivity contribution >= 4 is 17.4 Å². The average Bonchev–Trinajstić information content (AvgIpc) is 3.16. The van der Waals surface area contributed by atoms with Crippen LogP contribution in [0.4, 0.5) is 18.9 Å². The Bertz CT molecular complexity index is 1120. The van der Waals surface area contributed by atoms with E-state index in [4.69, 9.17) is 4.74 Å². The first kappa shape index (κ1) is 21.0. The van der Waals surface area contributed by atoms with Gasteiger partial charge in [0.05, 0.1) is 18.8 Å². The van der Waals surface area contributed by atoms with Gasteiger partial charge < -0.3 is 15.0 Å². The number of carbonyl (C=O) groups excluding carboxylic acids is 1. The largest absolute Gasteiger partial charge is 0.416 e. The zero-order valence-corrected chi connectivity index (χ0v) is 17.0. The van der Waals surface area contributed by atoms with E-state index in [-0.39, 0.29) is 23.7 Å². The van der Waals surface area contributed by atoms with Gasteiger partial charge in [0.25, 0.3) is 11.7 Å². The Hall–Kier alpha value is -3.21. The summed E-state index contributed by atoms with van der Waals surface area (Å²) in [5.74, 6) is -0.568. The van der Waals surface area contributed by atoms with Crippen molar-refractivity contribution in [1.29, 1.82) is 0 Å². The average molecular weight is 434 g/mol. The minimum Gasteiger partial charge on any atom is -0.378 e. The SMILES string of the molecule is Cc1cc(C)n2nc(C(=O)NCc3ccc(N4CCOCC4)cc3C(F)(F)F)nc2n1. The van der Waals surface area contributed by atoms with E-state index in [9.17, 15) is 18.0 Å². The smallest absolute Gasteiger partial charge is 0.378 e. The number of alkyl halides is 3. The Morgan fingerprint density at radius 2 is 1.90 bits per heavy atom. The lowest BCUT2D eigenvalue weighted by atomic mass is 10.0. The Morgan fingerprint density at radius 1 is 1.16 bits per heavy atom. The molecule has 1 aliphatic rings. The van der Waals surface area contributed by atoms with E-state index in [2.05, 4.69) is 20.4 Å². The first-order valence-corrected chi connectivity index (χ1v) is 9.74. The number of morpholine rings is 1. The highest BCUT2D eigenvalue weighted by Crippen LogP contribution is 2.35. The molecule has 0 bridgehead atoms. The number of amides is 1. The maximum atomic E-state index is 13.7. The molecule has 4 rings (SSSR count). The van der Waals surface area contributed by atoms with Gasteiger partial charge in [0, 0.05) is 36.7 Å². The standard InChI is InChI=1S/C20H21F3N6O2/c1-12-9-13(2)29-19(25-12)26-17(27-29)18(30)24-11-14-3-4-15(10-16(14)20(21,22)23)28-5-7-31-8-6-28/h3-4,9-10H,5-8,11H2,1-2H3,(H,24,30). The van der Waals surface area contributed by atoms with Crippen LogP contribution < -0.4 is 10.2 Å². The molecule has 0 radical (unpaired) electrons. The van der Waals surface area contributed by atoms with Gasteiger partial charge in [-0.3, -0.25) is 4.79 Å². The fraction of sp³-hybridized carbons (Fsp3) is 0.400. The van der Waals surface area contributed by atoms with Crippen LogP contribution in [0.1, 0.15) is 33.1 Å². The van der Waals surface area contributed by atoms with Crippen molar-refractivity contribution in [2.45, 2.75) is 26.6 Å². The minimum absolute atomic E-state index is 0.0354. The first-order valence-electron chi connectivity index (χ1n) is 9.74. The van der Waals surface area contributed by atoms with Crippen molar-refractivity contribution in [3.8, 4) is 0 Å². The predicted octanol–water partition coefficient (Wildman–Crippen LogP) is 2.53. The fourth-order valence-electron chi connectivity index (χ4n) is 3.52. The van der Waals surface area contributed by atoms with E-state index in [1.807, 2.05) is 4.90 Å².